The average molecular weight is 579 g/mol. The number of likely N-dealkylation sites (tertiary alicyclic amines) is 1. The number of hydrogen-bond acceptors (Lipinski definition) is 6. The fourth-order valence-electron chi connectivity index (χ4n) is 8.13. The Morgan fingerprint density at radius 2 is 1.88 bits per heavy atom. The molecule has 8 heteroatoms. The Labute approximate surface area is 249 Å². The Bertz CT molecular complexity index is 1170. The number of hydrogen-bond donors (Lipinski definition) is 1. The van der Waals surface area contributed by atoms with Crippen molar-refractivity contribution in [1.29, 1.82) is 0 Å². The van der Waals surface area contributed by atoms with Gasteiger partial charge in [-0.15, -0.1) is 13.2 Å². The third kappa shape index (κ3) is 5.21. The molecule has 3 saturated heterocycles. The van der Waals surface area contributed by atoms with E-state index >= 15 is 0 Å². The summed E-state index contributed by atoms with van der Waals surface area (Å²) in [6, 6.07) is 7.63. The van der Waals surface area contributed by atoms with Gasteiger partial charge < -0.3 is 24.4 Å². The van der Waals surface area contributed by atoms with Gasteiger partial charge in [0.15, 0.2) is 0 Å². The van der Waals surface area contributed by atoms with E-state index in [-0.39, 0.29) is 31.1 Å². The lowest BCUT2D eigenvalue weighted by atomic mass is 9.66. The molecule has 1 spiro atoms. The number of carbonyl (C=O) groups excluding carboxylic acids is 3. The van der Waals surface area contributed by atoms with E-state index in [1.807, 2.05) is 48.2 Å². The second kappa shape index (κ2) is 12.7. The molecule has 6 atom stereocenters. The van der Waals surface area contributed by atoms with Gasteiger partial charge in [-0.25, -0.2) is 0 Å². The third-order valence-electron chi connectivity index (χ3n) is 10.1. The molecular formula is C34H46N2O6. The van der Waals surface area contributed by atoms with Gasteiger partial charge in [-0.3, -0.25) is 14.4 Å². The maximum atomic E-state index is 14.8. The summed E-state index contributed by atoms with van der Waals surface area (Å²) in [6.45, 7) is 9.82. The molecule has 1 saturated carbocycles. The van der Waals surface area contributed by atoms with Crippen LogP contribution < -0.4 is 0 Å². The molecule has 2 amide bonds. The molecule has 5 rings (SSSR count). The molecule has 2 bridgehead atoms. The molecule has 1 aromatic rings. The summed E-state index contributed by atoms with van der Waals surface area (Å²) in [5.74, 6) is -2.64. The molecule has 1 N–H and O–H groups in total. The number of ether oxygens (including phenoxy) is 2. The van der Waals surface area contributed by atoms with Crippen molar-refractivity contribution in [2.24, 2.45) is 11.8 Å². The van der Waals surface area contributed by atoms with Gasteiger partial charge in [0.25, 0.3) is 0 Å². The van der Waals surface area contributed by atoms with Crippen molar-refractivity contribution >= 4 is 17.8 Å². The Morgan fingerprint density at radius 3 is 2.55 bits per heavy atom. The highest BCUT2D eigenvalue weighted by Gasteiger charge is 2.79. The molecule has 3 heterocycles. The maximum absolute atomic E-state index is 14.8. The minimum Gasteiger partial charge on any atom is -0.465 e. The first-order chi connectivity index (χ1) is 20.3. The molecule has 4 fully saturated rings. The van der Waals surface area contributed by atoms with E-state index < -0.39 is 41.1 Å². The first kappa shape index (κ1) is 30.5. The summed E-state index contributed by atoms with van der Waals surface area (Å²) < 4.78 is 12.5. The standard InChI is InChI=1S/C34H46N2O6/c1-4-6-7-14-22-41-32(40)28-27-30(38)36(26(23-37)24-15-10-8-11-16-24)29(34(27)20-19-33(28,3)42-34)31(39)35(21-5-2)25-17-12-9-13-18-25/h4-5,8,10-11,15-16,25-29,37H,1-2,6-7,9,12-14,17-23H2,3H3/t26-,27+,28-,29?,33+,34?/m1/s1. The van der Waals surface area contributed by atoms with Gasteiger partial charge in [-0.2, -0.15) is 0 Å². The summed E-state index contributed by atoms with van der Waals surface area (Å²) in [5, 5.41) is 10.7. The second-order valence-corrected chi connectivity index (χ2v) is 12.6. The highest BCUT2D eigenvalue weighted by Crippen LogP contribution is 2.64. The lowest BCUT2D eigenvalue weighted by Gasteiger charge is -2.42. The summed E-state index contributed by atoms with van der Waals surface area (Å²) in [5.41, 5.74) is -1.35. The van der Waals surface area contributed by atoms with Crippen molar-refractivity contribution in [2.75, 3.05) is 19.8 Å². The smallest absolute Gasteiger partial charge is 0.312 e. The zero-order chi connectivity index (χ0) is 29.9. The fraction of sp³-hybridized carbons (Fsp3) is 0.618. The average Bonchev–Trinajstić information content (AvgIpc) is 3.57. The van der Waals surface area contributed by atoms with Crippen LogP contribution in [0.2, 0.25) is 0 Å². The van der Waals surface area contributed by atoms with E-state index in [4.69, 9.17) is 9.47 Å². The first-order valence-electron chi connectivity index (χ1n) is 15.7. The third-order valence-corrected chi connectivity index (χ3v) is 10.1. The SMILES string of the molecule is C=CCCCCOC(=O)[C@H]1[C@H]2C(=O)N([C@H](CO)c3ccccc3)C(C(=O)N(CC=C)C3CCCCC3)C23CC[C@]1(C)O3. The van der Waals surface area contributed by atoms with Gasteiger partial charge in [0.2, 0.25) is 11.8 Å². The number of esters is 1. The molecule has 2 unspecified atom stereocenters. The fourth-order valence-corrected chi connectivity index (χ4v) is 8.13. The normalized spacial score (nSPS) is 31.0. The number of rotatable bonds is 13. The monoisotopic (exact) mass is 578 g/mol. The first-order valence-corrected chi connectivity index (χ1v) is 15.7. The van der Waals surface area contributed by atoms with Crippen LogP contribution in [0, 0.1) is 11.8 Å². The van der Waals surface area contributed by atoms with Gasteiger partial charge in [0.05, 0.1) is 30.8 Å². The number of nitrogens with zero attached hydrogens (tertiary/aromatic N) is 2. The van der Waals surface area contributed by atoms with E-state index in [9.17, 15) is 19.5 Å². The van der Waals surface area contributed by atoms with Crippen molar-refractivity contribution in [1.82, 2.24) is 9.80 Å². The molecule has 1 aliphatic carbocycles. The predicted octanol–water partition coefficient (Wildman–Crippen LogP) is 4.73. The number of aliphatic hydroxyl groups is 1. The van der Waals surface area contributed by atoms with Crippen LogP contribution in [0.15, 0.2) is 55.6 Å². The molecule has 42 heavy (non-hydrogen) atoms. The Morgan fingerprint density at radius 1 is 1.14 bits per heavy atom. The number of benzene rings is 1. The zero-order valence-corrected chi connectivity index (χ0v) is 24.9. The molecule has 0 radical (unpaired) electrons. The van der Waals surface area contributed by atoms with Crippen molar-refractivity contribution < 1.29 is 29.0 Å². The van der Waals surface area contributed by atoms with Crippen molar-refractivity contribution in [3.8, 4) is 0 Å². The number of carbonyl (C=O) groups is 3. The number of amides is 2. The molecule has 8 nitrogen and oxygen atoms in total. The molecule has 0 aromatic heterocycles. The summed E-state index contributed by atoms with van der Waals surface area (Å²) in [6.07, 6.45) is 12.1. The summed E-state index contributed by atoms with van der Waals surface area (Å²) in [4.78, 5) is 46.5. The molecule has 1 aromatic carbocycles. The van der Waals surface area contributed by atoms with Crippen LogP contribution in [0.5, 0.6) is 0 Å². The van der Waals surface area contributed by atoms with E-state index in [2.05, 4.69) is 13.2 Å². The minimum atomic E-state index is -1.17. The summed E-state index contributed by atoms with van der Waals surface area (Å²) in [7, 11) is 0. The van der Waals surface area contributed by atoms with E-state index in [0.717, 1.165) is 50.5 Å². The van der Waals surface area contributed by atoms with Crippen LogP contribution in [0.1, 0.15) is 82.7 Å². The number of allylic oxidation sites excluding steroid dienone is 1. The topological polar surface area (TPSA) is 96.4 Å². The van der Waals surface area contributed by atoms with Crippen LogP contribution in [0.4, 0.5) is 0 Å². The Hall–Kier alpha value is -2.97. The van der Waals surface area contributed by atoms with Gasteiger partial charge in [0, 0.05) is 12.6 Å². The Kier molecular flexibility index (Phi) is 9.23. The van der Waals surface area contributed by atoms with E-state index in [1.165, 1.54) is 0 Å². The van der Waals surface area contributed by atoms with E-state index in [0.29, 0.717) is 25.8 Å². The van der Waals surface area contributed by atoms with Gasteiger partial charge in [0.1, 0.15) is 17.6 Å². The van der Waals surface area contributed by atoms with E-state index in [1.54, 1.807) is 11.0 Å². The van der Waals surface area contributed by atoms with Gasteiger partial charge in [-0.05, 0) is 57.4 Å². The second-order valence-electron chi connectivity index (χ2n) is 12.6. The molecular weight excluding hydrogens is 532 g/mol. The minimum absolute atomic E-state index is 0.0477. The lowest BCUT2D eigenvalue weighted by Crippen LogP contribution is -2.59. The molecule has 4 aliphatic rings. The predicted molar refractivity (Wildman–Crippen MR) is 159 cm³/mol. The van der Waals surface area contributed by atoms with Crippen molar-refractivity contribution in [3.63, 3.8) is 0 Å². The highest BCUT2D eigenvalue weighted by molar-refractivity contribution is 5.99. The van der Waals surface area contributed by atoms with Crippen molar-refractivity contribution in [3.05, 3.63) is 61.2 Å². The van der Waals surface area contributed by atoms with Crippen molar-refractivity contribution in [2.45, 2.75) is 100 Å². The summed E-state index contributed by atoms with van der Waals surface area (Å²) >= 11 is 0. The molecule has 228 valence electrons. The number of fused-ring (bicyclic) bond motifs is 1. The number of aliphatic hydroxyl groups excluding tert-OH is 1. The zero-order valence-electron chi connectivity index (χ0n) is 24.9. The van der Waals surface area contributed by atoms with Crippen LogP contribution >= 0.6 is 0 Å². The quantitative estimate of drug-likeness (QED) is 0.207. The van der Waals surface area contributed by atoms with Crippen LogP contribution in [-0.4, -0.2) is 75.7 Å². The largest absolute Gasteiger partial charge is 0.465 e. The lowest BCUT2D eigenvalue weighted by molar-refractivity contribution is -0.162. The Balaban J connectivity index is 1.54. The van der Waals surface area contributed by atoms with Gasteiger partial charge >= 0.3 is 5.97 Å². The van der Waals surface area contributed by atoms with Crippen LogP contribution in [0.25, 0.3) is 0 Å². The maximum Gasteiger partial charge on any atom is 0.312 e. The van der Waals surface area contributed by atoms with Crippen LogP contribution in [0.3, 0.4) is 0 Å². The number of unbranched alkanes of at least 4 members (excludes halogenated alkanes) is 2. The highest BCUT2D eigenvalue weighted by atomic mass is 16.6. The van der Waals surface area contributed by atoms with Crippen LogP contribution in [-0.2, 0) is 23.9 Å². The molecule has 3 aliphatic heterocycles. The van der Waals surface area contributed by atoms with Gasteiger partial charge in [-0.1, -0.05) is 61.7 Å².